The minimum Gasteiger partial charge on any atom is -0.314 e. The number of rotatable bonds is 4. The standard InChI is InChI=1S/C12H17N/c1-10-4-2-3-5-11(10)8-9-13-12-6-7-12/h2-5,12-13H,6-9H2,1H3. The Morgan fingerprint density at radius 3 is 2.77 bits per heavy atom. The van der Waals surface area contributed by atoms with Gasteiger partial charge in [0.2, 0.25) is 0 Å². The van der Waals surface area contributed by atoms with Gasteiger partial charge in [-0.25, -0.2) is 0 Å². The zero-order chi connectivity index (χ0) is 9.10. The fourth-order valence-electron chi connectivity index (χ4n) is 1.59. The van der Waals surface area contributed by atoms with Crippen LogP contribution in [0.5, 0.6) is 0 Å². The van der Waals surface area contributed by atoms with Crippen molar-refractivity contribution in [3.05, 3.63) is 35.4 Å². The lowest BCUT2D eigenvalue weighted by atomic mass is 10.1. The van der Waals surface area contributed by atoms with Gasteiger partial charge in [-0.3, -0.25) is 0 Å². The molecule has 1 aliphatic rings. The molecule has 0 atom stereocenters. The molecule has 0 saturated heterocycles. The van der Waals surface area contributed by atoms with Crippen molar-refractivity contribution >= 4 is 0 Å². The summed E-state index contributed by atoms with van der Waals surface area (Å²) in [5, 5.41) is 3.53. The summed E-state index contributed by atoms with van der Waals surface area (Å²) in [6.07, 6.45) is 3.94. The second-order valence-corrected chi connectivity index (χ2v) is 3.90. The molecule has 0 aromatic heterocycles. The van der Waals surface area contributed by atoms with Gasteiger partial charge in [-0.05, 0) is 43.9 Å². The molecule has 0 aliphatic heterocycles. The fourth-order valence-corrected chi connectivity index (χ4v) is 1.59. The third-order valence-electron chi connectivity index (χ3n) is 2.67. The molecule has 1 nitrogen and oxygen atoms in total. The Bertz CT molecular complexity index is 276. The van der Waals surface area contributed by atoms with E-state index >= 15 is 0 Å². The van der Waals surface area contributed by atoms with E-state index in [1.807, 2.05) is 0 Å². The van der Waals surface area contributed by atoms with Crippen LogP contribution in [0.3, 0.4) is 0 Å². The zero-order valence-corrected chi connectivity index (χ0v) is 8.22. The Labute approximate surface area is 80.2 Å². The summed E-state index contributed by atoms with van der Waals surface area (Å²) in [7, 11) is 0. The molecule has 0 spiro atoms. The van der Waals surface area contributed by atoms with Gasteiger partial charge in [-0.2, -0.15) is 0 Å². The Morgan fingerprint density at radius 2 is 2.08 bits per heavy atom. The van der Waals surface area contributed by atoms with E-state index < -0.39 is 0 Å². The summed E-state index contributed by atoms with van der Waals surface area (Å²) in [5.74, 6) is 0. The highest BCUT2D eigenvalue weighted by Crippen LogP contribution is 2.18. The molecule has 13 heavy (non-hydrogen) atoms. The zero-order valence-electron chi connectivity index (χ0n) is 8.22. The first kappa shape index (κ1) is 8.76. The predicted molar refractivity (Wildman–Crippen MR) is 55.9 cm³/mol. The summed E-state index contributed by atoms with van der Waals surface area (Å²) in [6.45, 7) is 3.32. The summed E-state index contributed by atoms with van der Waals surface area (Å²) in [4.78, 5) is 0. The predicted octanol–water partition coefficient (Wildman–Crippen LogP) is 2.29. The molecule has 0 heterocycles. The van der Waals surface area contributed by atoms with Crippen LogP contribution in [0.15, 0.2) is 24.3 Å². The highest BCUT2D eigenvalue weighted by molar-refractivity contribution is 5.25. The van der Waals surface area contributed by atoms with Crippen LogP contribution in [0.1, 0.15) is 24.0 Å². The first-order chi connectivity index (χ1) is 6.36. The molecule has 1 aromatic rings. The second-order valence-electron chi connectivity index (χ2n) is 3.90. The van der Waals surface area contributed by atoms with Crippen molar-refractivity contribution in [2.24, 2.45) is 0 Å². The molecule has 1 fully saturated rings. The lowest BCUT2D eigenvalue weighted by Crippen LogP contribution is -2.19. The number of nitrogens with one attached hydrogen (secondary N) is 1. The van der Waals surface area contributed by atoms with E-state index in [2.05, 4.69) is 36.5 Å². The van der Waals surface area contributed by atoms with Crippen molar-refractivity contribution in [2.45, 2.75) is 32.2 Å². The molecule has 1 aromatic carbocycles. The first-order valence-corrected chi connectivity index (χ1v) is 5.14. The molecule has 1 saturated carbocycles. The molecule has 2 rings (SSSR count). The Hall–Kier alpha value is -0.820. The van der Waals surface area contributed by atoms with Crippen LogP contribution in [-0.2, 0) is 6.42 Å². The van der Waals surface area contributed by atoms with E-state index in [4.69, 9.17) is 0 Å². The van der Waals surface area contributed by atoms with Crippen molar-refractivity contribution < 1.29 is 0 Å². The van der Waals surface area contributed by atoms with Gasteiger partial charge < -0.3 is 5.32 Å². The van der Waals surface area contributed by atoms with Crippen LogP contribution >= 0.6 is 0 Å². The third kappa shape index (κ3) is 2.56. The van der Waals surface area contributed by atoms with E-state index in [9.17, 15) is 0 Å². The van der Waals surface area contributed by atoms with Gasteiger partial charge in [0.1, 0.15) is 0 Å². The van der Waals surface area contributed by atoms with Gasteiger partial charge in [0.15, 0.2) is 0 Å². The van der Waals surface area contributed by atoms with Crippen LogP contribution in [-0.4, -0.2) is 12.6 Å². The van der Waals surface area contributed by atoms with E-state index in [1.54, 1.807) is 0 Å². The minimum absolute atomic E-state index is 0.837. The maximum Gasteiger partial charge on any atom is 0.00683 e. The molecule has 0 bridgehead atoms. The van der Waals surface area contributed by atoms with Gasteiger partial charge >= 0.3 is 0 Å². The summed E-state index contributed by atoms with van der Waals surface area (Å²) >= 11 is 0. The van der Waals surface area contributed by atoms with E-state index in [-0.39, 0.29) is 0 Å². The van der Waals surface area contributed by atoms with Crippen LogP contribution < -0.4 is 5.32 Å². The highest BCUT2D eigenvalue weighted by atomic mass is 14.9. The topological polar surface area (TPSA) is 12.0 Å². The lowest BCUT2D eigenvalue weighted by Gasteiger charge is -2.05. The number of hydrogen-bond acceptors (Lipinski definition) is 1. The Balaban J connectivity index is 1.82. The molecule has 1 aliphatic carbocycles. The molecule has 0 amide bonds. The van der Waals surface area contributed by atoms with Crippen molar-refractivity contribution in [1.29, 1.82) is 0 Å². The number of hydrogen-bond donors (Lipinski definition) is 1. The quantitative estimate of drug-likeness (QED) is 0.740. The van der Waals surface area contributed by atoms with Gasteiger partial charge in [-0.1, -0.05) is 24.3 Å². The highest BCUT2D eigenvalue weighted by Gasteiger charge is 2.19. The van der Waals surface area contributed by atoms with Gasteiger partial charge in [-0.15, -0.1) is 0 Å². The molecule has 70 valence electrons. The second kappa shape index (κ2) is 3.93. The van der Waals surface area contributed by atoms with Crippen LogP contribution in [0.2, 0.25) is 0 Å². The van der Waals surface area contributed by atoms with Gasteiger partial charge in [0.25, 0.3) is 0 Å². The van der Waals surface area contributed by atoms with Gasteiger partial charge in [0, 0.05) is 6.04 Å². The smallest absolute Gasteiger partial charge is 0.00683 e. The molecule has 0 radical (unpaired) electrons. The molecular weight excluding hydrogens is 158 g/mol. The number of aryl methyl sites for hydroxylation is 1. The van der Waals surface area contributed by atoms with Gasteiger partial charge in [0.05, 0.1) is 0 Å². The Kier molecular flexibility index (Phi) is 2.65. The summed E-state index contributed by atoms with van der Waals surface area (Å²) in [5.41, 5.74) is 2.90. The van der Waals surface area contributed by atoms with E-state index in [1.165, 1.54) is 30.4 Å². The van der Waals surface area contributed by atoms with Crippen LogP contribution in [0.4, 0.5) is 0 Å². The van der Waals surface area contributed by atoms with Crippen LogP contribution in [0, 0.1) is 6.92 Å². The van der Waals surface area contributed by atoms with E-state index in [0.29, 0.717) is 0 Å². The van der Waals surface area contributed by atoms with Crippen molar-refractivity contribution in [3.8, 4) is 0 Å². The first-order valence-electron chi connectivity index (χ1n) is 5.14. The molecule has 1 heteroatoms. The molecule has 1 N–H and O–H groups in total. The average Bonchev–Trinajstić information content (AvgIpc) is 2.92. The summed E-state index contributed by atoms with van der Waals surface area (Å²) < 4.78 is 0. The minimum atomic E-state index is 0.837. The van der Waals surface area contributed by atoms with E-state index in [0.717, 1.165) is 12.6 Å². The average molecular weight is 175 g/mol. The lowest BCUT2D eigenvalue weighted by molar-refractivity contribution is 0.681. The summed E-state index contributed by atoms with van der Waals surface area (Å²) in [6, 6.07) is 9.48. The van der Waals surface area contributed by atoms with Crippen LogP contribution in [0.25, 0.3) is 0 Å². The number of benzene rings is 1. The largest absolute Gasteiger partial charge is 0.314 e. The normalized spacial score (nSPS) is 16.1. The van der Waals surface area contributed by atoms with Crippen molar-refractivity contribution in [1.82, 2.24) is 5.32 Å². The Morgan fingerprint density at radius 1 is 1.31 bits per heavy atom. The maximum atomic E-state index is 3.53. The van der Waals surface area contributed by atoms with Crippen molar-refractivity contribution in [2.75, 3.05) is 6.54 Å². The molecular formula is C12H17N. The third-order valence-corrected chi connectivity index (χ3v) is 2.67. The maximum absolute atomic E-state index is 3.53. The SMILES string of the molecule is Cc1ccccc1CCNC1CC1. The molecule has 0 unspecified atom stereocenters. The monoisotopic (exact) mass is 175 g/mol. The fraction of sp³-hybridized carbons (Fsp3) is 0.500. The van der Waals surface area contributed by atoms with Crippen molar-refractivity contribution in [3.63, 3.8) is 0 Å².